The number of hydrogen-bond donors (Lipinski definition) is 3. The number of hydrogen-bond acceptors (Lipinski definition) is 3. The summed E-state index contributed by atoms with van der Waals surface area (Å²) in [6, 6.07) is 6.71. The predicted octanol–water partition coefficient (Wildman–Crippen LogP) is 0.133. The van der Waals surface area contributed by atoms with E-state index in [2.05, 4.69) is 10.9 Å². The second kappa shape index (κ2) is 3.73. The van der Waals surface area contributed by atoms with Gasteiger partial charge in [-0.25, -0.2) is 5.43 Å². The number of carbonyl (C=O) groups excluding carboxylic acids is 1. The quantitative estimate of drug-likeness (QED) is 0.431. The zero-order valence-corrected chi connectivity index (χ0v) is 6.79. The number of anilines is 1. The largest absolute Gasteiger partial charge is 0.399 e. The van der Waals surface area contributed by atoms with Crippen LogP contribution in [-0.2, 0) is 0 Å². The highest BCUT2D eigenvalue weighted by Crippen LogP contribution is 2.04. The Labute approximate surface area is 70.7 Å². The Morgan fingerprint density at radius 2 is 1.92 bits per heavy atom. The molecule has 0 heterocycles. The average Bonchev–Trinajstić information content (AvgIpc) is 2.06. The third-order valence-corrected chi connectivity index (χ3v) is 1.41. The van der Waals surface area contributed by atoms with E-state index in [9.17, 15) is 4.79 Å². The molecular weight excluding hydrogens is 154 g/mol. The molecule has 1 rings (SSSR count). The van der Waals surface area contributed by atoms with Gasteiger partial charge in [-0.05, 0) is 24.3 Å². The van der Waals surface area contributed by atoms with E-state index >= 15 is 0 Å². The van der Waals surface area contributed by atoms with E-state index in [1.54, 1.807) is 31.3 Å². The van der Waals surface area contributed by atoms with Gasteiger partial charge in [-0.1, -0.05) is 0 Å². The fourth-order valence-corrected chi connectivity index (χ4v) is 0.820. The molecule has 1 aromatic carbocycles. The van der Waals surface area contributed by atoms with Crippen molar-refractivity contribution in [3.8, 4) is 0 Å². The maximum Gasteiger partial charge on any atom is 0.265 e. The number of amides is 1. The molecule has 0 radical (unpaired) electrons. The van der Waals surface area contributed by atoms with Crippen molar-refractivity contribution < 1.29 is 4.79 Å². The van der Waals surface area contributed by atoms with Crippen LogP contribution in [0.2, 0.25) is 0 Å². The number of nitrogens with two attached hydrogens (primary N) is 1. The number of nitrogen functional groups attached to an aromatic ring is 1. The number of carbonyl (C=O) groups is 1. The van der Waals surface area contributed by atoms with E-state index < -0.39 is 0 Å². The third-order valence-electron chi connectivity index (χ3n) is 1.41. The summed E-state index contributed by atoms with van der Waals surface area (Å²) in [4.78, 5) is 11.1. The van der Waals surface area contributed by atoms with Crippen molar-refractivity contribution in [3.05, 3.63) is 29.8 Å². The van der Waals surface area contributed by atoms with Crippen LogP contribution in [-0.4, -0.2) is 13.0 Å². The molecule has 0 saturated carbocycles. The topological polar surface area (TPSA) is 67.1 Å². The van der Waals surface area contributed by atoms with Gasteiger partial charge in [0, 0.05) is 18.3 Å². The van der Waals surface area contributed by atoms with Gasteiger partial charge >= 0.3 is 0 Å². The molecule has 0 unspecified atom stereocenters. The summed E-state index contributed by atoms with van der Waals surface area (Å²) >= 11 is 0. The van der Waals surface area contributed by atoms with Gasteiger partial charge in [0.25, 0.3) is 5.91 Å². The normalized spacial score (nSPS) is 9.42. The number of nitrogens with one attached hydrogen (secondary N) is 2. The van der Waals surface area contributed by atoms with Crippen LogP contribution in [0.1, 0.15) is 10.4 Å². The maximum atomic E-state index is 11.1. The Bertz CT molecular complexity index is 268. The van der Waals surface area contributed by atoms with Gasteiger partial charge < -0.3 is 5.73 Å². The van der Waals surface area contributed by atoms with Crippen molar-refractivity contribution in [2.24, 2.45) is 0 Å². The Morgan fingerprint density at radius 3 is 2.42 bits per heavy atom. The van der Waals surface area contributed by atoms with Gasteiger partial charge in [-0.15, -0.1) is 0 Å². The fraction of sp³-hybridized carbons (Fsp3) is 0.125. The van der Waals surface area contributed by atoms with Crippen molar-refractivity contribution in [2.75, 3.05) is 12.8 Å². The molecule has 0 spiro atoms. The molecule has 0 aliphatic rings. The zero-order valence-electron chi connectivity index (χ0n) is 6.79. The van der Waals surface area contributed by atoms with Gasteiger partial charge in [0.05, 0.1) is 0 Å². The Hall–Kier alpha value is -1.55. The van der Waals surface area contributed by atoms with Crippen molar-refractivity contribution in [1.29, 1.82) is 0 Å². The monoisotopic (exact) mass is 165 g/mol. The minimum absolute atomic E-state index is 0.169. The molecule has 0 saturated heterocycles. The Kier molecular flexibility index (Phi) is 2.66. The van der Waals surface area contributed by atoms with E-state index in [0.717, 1.165) is 0 Å². The zero-order chi connectivity index (χ0) is 8.97. The highest BCUT2D eigenvalue weighted by atomic mass is 16.2. The first-order valence-corrected chi connectivity index (χ1v) is 3.56. The molecule has 0 aliphatic heterocycles. The first kappa shape index (κ1) is 8.55. The lowest BCUT2D eigenvalue weighted by atomic mass is 10.2. The van der Waals surface area contributed by atoms with Crippen LogP contribution in [0.5, 0.6) is 0 Å². The summed E-state index contributed by atoms with van der Waals surface area (Å²) in [7, 11) is 1.63. The summed E-state index contributed by atoms with van der Waals surface area (Å²) < 4.78 is 0. The maximum absolute atomic E-state index is 11.1. The average molecular weight is 165 g/mol. The molecule has 0 aromatic heterocycles. The summed E-state index contributed by atoms with van der Waals surface area (Å²) in [5.41, 5.74) is 11.7. The predicted molar refractivity (Wildman–Crippen MR) is 47.4 cm³/mol. The number of rotatable bonds is 2. The molecule has 0 atom stereocenters. The molecule has 12 heavy (non-hydrogen) atoms. The molecule has 4 nitrogen and oxygen atoms in total. The second-order valence-corrected chi connectivity index (χ2v) is 2.33. The first-order chi connectivity index (χ1) is 5.74. The lowest BCUT2D eigenvalue weighted by Gasteiger charge is -2.02. The standard InChI is InChI=1S/C8H11N3O/c1-10-11-8(12)6-2-4-7(9)5-3-6/h2-5,10H,9H2,1H3,(H,11,12). The molecule has 0 aliphatic carbocycles. The summed E-state index contributed by atoms with van der Waals surface area (Å²) in [6.07, 6.45) is 0. The van der Waals surface area contributed by atoms with Crippen molar-refractivity contribution in [2.45, 2.75) is 0 Å². The number of hydrazine groups is 1. The van der Waals surface area contributed by atoms with Gasteiger partial charge in [0.2, 0.25) is 0 Å². The van der Waals surface area contributed by atoms with Gasteiger partial charge in [-0.2, -0.15) is 0 Å². The summed E-state index contributed by atoms with van der Waals surface area (Å²) in [5.74, 6) is -0.169. The lowest BCUT2D eigenvalue weighted by Crippen LogP contribution is -2.34. The van der Waals surface area contributed by atoms with Crippen LogP contribution in [0.4, 0.5) is 5.69 Å². The molecule has 1 amide bonds. The van der Waals surface area contributed by atoms with E-state index in [0.29, 0.717) is 11.3 Å². The van der Waals surface area contributed by atoms with Crippen LogP contribution in [0, 0.1) is 0 Å². The molecule has 4 heteroatoms. The summed E-state index contributed by atoms with van der Waals surface area (Å²) in [5, 5.41) is 0. The van der Waals surface area contributed by atoms with Crippen LogP contribution >= 0.6 is 0 Å². The molecule has 0 bridgehead atoms. The molecule has 0 fully saturated rings. The molecule has 4 N–H and O–H groups in total. The van der Waals surface area contributed by atoms with Crippen molar-refractivity contribution >= 4 is 11.6 Å². The van der Waals surface area contributed by atoms with Crippen LogP contribution < -0.4 is 16.6 Å². The van der Waals surface area contributed by atoms with Gasteiger partial charge in [0.1, 0.15) is 0 Å². The van der Waals surface area contributed by atoms with Crippen LogP contribution in [0.3, 0.4) is 0 Å². The number of benzene rings is 1. The van der Waals surface area contributed by atoms with Gasteiger partial charge in [-0.3, -0.25) is 10.2 Å². The molecule has 64 valence electrons. The third kappa shape index (κ3) is 1.96. The SMILES string of the molecule is CNNC(=O)c1ccc(N)cc1. The lowest BCUT2D eigenvalue weighted by molar-refractivity contribution is 0.0938. The van der Waals surface area contributed by atoms with E-state index in [4.69, 9.17) is 5.73 Å². The second-order valence-electron chi connectivity index (χ2n) is 2.33. The highest BCUT2D eigenvalue weighted by molar-refractivity contribution is 5.94. The van der Waals surface area contributed by atoms with E-state index in [-0.39, 0.29) is 5.91 Å². The van der Waals surface area contributed by atoms with Crippen molar-refractivity contribution in [3.63, 3.8) is 0 Å². The Balaban J connectivity index is 2.75. The smallest absolute Gasteiger partial charge is 0.265 e. The first-order valence-electron chi connectivity index (χ1n) is 3.56. The highest BCUT2D eigenvalue weighted by Gasteiger charge is 2.01. The van der Waals surface area contributed by atoms with Crippen LogP contribution in [0.25, 0.3) is 0 Å². The van der Waals surface area contributed by atoms with E-state index in [1.807, 2.05) is 0 Å². The fourth-order valence-electron chi connectivity index (χ4n) is 0.820. The molecular formula is C8H11N3O. The summed E-state index contributed by atoms with van der Waals surface area (Å²) in [6.45, 7) is 0. The van der Waals surface area contributed by atoms with Crippen LogP contribution in [0.15, 0.2) is 24.3 Å². The minimum atomic E-state index is -0.169. The van der Waals surface area contributed by atoms with E-state index in [1.165, 1.54) is 0 Å². The van der Waals surface area contributed by atoms with Gasteiger partial charge in [0.15, 0.2) is 0 Å². The van der Waals surface area contributed by atoms with Crippen molar-refractivity contribution in [1.82, 2.24) is 10.9 Å². The Morgan fingerprint density at radius 1 is 1.33 bits per heavy atom. The minimum Gasteiger partial charge on any atom is -0.399 e. The molecule has 1 aromatic rings.